The molecule has 0 unspecified atom stereocenters. The van der Waals surface area contributed by atoms with Gasteiger partial charge in [-0.1, -0.05) is 0 Å². The van der Waals surface area contributed by atoms with Crippen molar-refractivity contribution in [2.24, 2.45) is 0 Å². The summed E-state index contributed by atoms with van der Waals surface area (Å²) in [5.41, 5.74) is 13.2. The zero-order valence-corrected chi connectivity index (χ0v) is 11.6. The summed E-state index contributed by atoms with van der Waals surface area (Å²) in [4.78, 5) is 24.7. The van der Waals surface area contributed by atoms with Crippen molar-refractivity contribution in [3.8, 4) is 28.7 Å². The lowest BCUT2D eigenvalue weighted by Crippen LogP contribution is -2.02. The number of nitrogens with two attached hydrogens (primary N) is 2. The highest BCUT2D eigenvalue weighted by atomic mass is 16.5. The van der Waals surface area contributed by atoms with Crippen LogP contribution in [-0.4, -0.2) is 37.0 Å². The molecule has 0 bridgehead atoms. The minimum atomic E-state index is 0.137. The average Bonchev–Trinajstić information content (AvgIpc) is 2.54. The molecule has 3 aromatic heterocycles. The zero-order chi connectivity index (χ0) is 15.5. The van der Waals surface area contributed by atoms with E-state index >= 15 is 0 Å². The number of hydrogen-bond donors (Lipinski definition) is 2. The highest BCUT2D eigenvalue weighted by molar-refractivity contribution is 5.65. The number of aromatic nitrogens is 6. The summed E-state index contributed by atoms with van der Waals surface area (Å²) in [5.74, 6) is 0.616. The minimum Gasteiger partial charge on any atom is -0.479 e. The van der Waals surface area contributed by atoms with Crippen LogP contribution in [0.5, 0.6) is 5.88 Å². The Kier molecular flexibility index (Phi) is 3.44. The molecule has 0 spiro atoms. The average molecular weight is 296 g/mol. The number of nitrogens with zero attached hydrogens (tertiary/aromatic N) is 6. The summed E-state index contributed by atoms with van der Waals surface area (Å²) in [5, 5.41) is 0. The third-order valence-electron chi connectivity index (χ3n) is 2.79. The Labute approximate surface area is 125 Å². The molecule has 0 aliphatic carbocycles. The predicted octanol–water partition coefficient (Wildman–Crippen LogP) is 0.564. The van der Waals surface area contributed by atoms with E-state index < -0.39 is 0 Å². The Morgan fingerprint density at radius 1 is 0.818 bits per heavy atom. The van der Waals surface area contributed by atoms with Gasteiger partial charge in [0.1, 0.15) is 5.69 Å². The summed E-state index contributed by atoms with van der Waals surface area (Å²) >= 11 is 0. The lowest BCUT2D eigenvalue weighted by Gasteiger charge is -2.08. The molecule has 0 aromatic carbocycles. The molecule has 9 heteroatoms. The third kappa shape index (κ3) is 2.59. The summed E-state index contributed by atoms with van der Waals surface area (Å²) in [7, 11) is 1.50. The highest BCUT2D eigenvalue weighted by Crippen LogP contribution is 2.27. The molecule has 0 fully saturated rings. The number of hydrogen-bond acceptors (Lipinski definition) is 9. The standard InChI is InChI=1S/C13H12N8O/c1-22-11-10(8-3-5-17-13(15)21-8)19-9(6-18-11)7-2-4-16-12(14)20-7/h2-6H,1H3,(H2,14,16,20)(H2,15,17,21). The van der Waals surface area contributed by atoms with Gasteiger partial charge in [-0.2, -0.15) is 0 Å². The molecule has 22 heavy (non-hydrogen) atoms. The third-order valence-corrected chi connectivity index (χ3v) is 2.79. The summed E-state index contributed by atoms with van der Waals surface area (Å²) in [6, 6.07) is 3.35. The Bertz CT molecular complexity index is 823. The topological polar surface area (TPSA) is 139 Å². The SMILES string of the molecule is COc1ncc(-c2ccnc(N)n2)nc1-c1ccnc(N)n1. The van der Waals surface area contributed by atoms with E-state index in [1.54, 1.807) is 18.3 Å². The molecule has 3 aromatic rings. The molecule has 0 radical (unpaired) electrons. The van der Waals surface area contributed by atoms with Crippen LogP contribution in [0, 0.1) is 0 Å². The van der Waals surface area contributed by atoms with Crippen molar-refractivity contribution in [2.45, 2.75) is 0 Å². The van der Waals surface area contributed by atoms with E-state index in [1.807, 2.05) is 0 Å². The van der Waals surface area contributed by atoms with Gasteiger partial charge in [0.15, 0.2) is 5.69 Å². The van der Waals surface area contributed by atoms with Gasteiger partial charge in [-0.3, -0.25) is 0 Å². The number of anilines is 2. The van der Waals surface area contributed by atoms with Crippen LogP contribution >= 0.6 is 0 Å². The lowest BCUT2D eigenvalue weighted by molar-refractivity contribution is 0.398. The Morgan fingerprint density at radius 3 is 2.09 bits per heavy atom. The fraction of sp³-hybridized carbons (Fsp3) is 0.0769. The van der Waals surface area contributed by atoms with Gasteiger partial charge in [0.05, 0.1) is 24.7 Å². The van der Waals surface area contributed by atoms with Crippen LogP contribution in [0.15, 0.2) is 30.7 Å². The smallest absolute Gasteiger partial charge is 0.242 e. The van der Waals surface area contributed by atoms with Gasteiger partial charge in [0.25, 0.3) is 0 Å². The number of ether oxygens (including phenoxy) is 1. The maximum absolute atomic E-state index is 5.61. The number of nitrogen functional groups attached to an aromatic ring is 2. The second kappa shape index (κ2) is 5.56. The molecule has 0 atom stereocenters. The van der Waals surface area contributed by atoms with Crippen LogP contribution in [0.3, 0.4) is 0 Å². The monoisotopic (exact) mass is 296 g/mol. The van der Waals surface area contributed by atoms with Gasteiger partial charge < -0.3 is 16.2 Å². The van der Waals surface area contributed by atoms with Crippen molar-refractivity contribution < 1.29 is 4.74 Å². The molecule has 110 valence electrons. The Hall–Kier alpha value is -3.36. The fourth-order valence-corrected chi connectivity index (χ4v) is 1.84. The fourth-order valence-electron chi connectivity index (χ4n) is 1.84. The maximum atomic E-state index is 5.61. The van der Waals surface area contributed by atoms with Crippen LogP contribution in [0.25, 0.3) is 22.8 Å². The maximum Gasteiger partial charge on any atom is 0.242 e. The molecule has 0 amide bonds. The zero-order valence-electron chi connectivity index (χ0n) is 11.6. The number of methoxy groups -OCH3 is 1. The van der Waals surface area contributed by atoms with E-state index in [4.69, 9.17) is 16.2 Å². The Morgan fingerprint density at radius 2 is 1.45 bits per heavy atom. The molecule has 0 aliphatic heterocycles. The van der Waals surface area contributed by atoms with E-state index in [1.165, 1.54) is 19.5 Å². The van der Waals surface area contributed by atoms with Crippen LogP contribution in [0.2, 0.25) is 0 Å². The van der Waals surface area contributed by atoms with Gasteiger partial charge in [-0.05, 0) is 12.1 Å². The molecule has 9 nitrogen and oxygen atoms in total. The van der Waals surface area contributed by atoms with Crippen molar-refractivity contribution in [3.05, 3.63) is 30.7 Å². The highest BCUT2D eigenvalue weighted by Gasteiger charge is 2.14. The molecule has 0 saturated heterocycles. The van der Waals surface area contributed by atoms with E-state index in [0.29, 0.717) is 28.7 Å². The molecule has 0 aliphatic rings. The van der Waals surface area contributed by atoms with Crippen molar-refractivity contribution >= 4 is 11.9 Å². The summed E-state index contributed by atoms with van der Waals surface area (Å²) in [6.45, 7) is 0. The van der Waals surface area contributed by atoms with Crippen molar-refractivity contribution in [3.63, 3.8) is 0 Å². The molecular weight excluding hydrogens is 284 g/mol. The molecular formula is C13H12N8O. The van der Waals surface area contributed by atoms with Crippen molar-refractivity contribution in [1.29, 1.82) is 0 Å². The minimum absolute atomic E-state index is 0.137. The van der Waals surface area contributed by atoms with E-state index in [-0.39, 0.29) is 11.9 Å². The van der Waals surface area contributed by atoms with Crippen molar-refractivity contribution in [1.82, 2.24) is 29.9 Å². The normalized spacial score (nSPS) is 10.4. The molecule has 3 rings (SSSR count). The predicted molar refractivity (Wildman–Crippen MR) is 79.5 cm³/mol. The second-order valence-electron chi connectivity index (χ2n) is 4.21. The molecule has 4 N–H and O–H groups in total. The van der Waals surface area contributed by atoms with Gasteiger partial charge in [0.2, 0.25) is 17.8 Å². The van der Waals surface area contributed by atoms with Crippen molar-refractivity contribution in [2.75, 3.05) is 18.6 Å². The van der Waals surface area contributed by atoms with E-state index in [0.717, 1.165) is 0 Å². The summed E-state index contributed by atoms with van der Waals surface area (Å²) < 4.78 is 5.22. The van der Waals surface area contributed by atoms with Crippen LogP contribution in [-0.2, 0) is 0 Å². The van der Waals surface area contributed by atoms with E-state index in [9.17, 15) is 0 Å². The first kappa shape index (κ1) is 13.6. The second-order valence-corrected chi connectivity index (χ2v) is 4.21. The van der Waals surface area contributed by atoms with E-state index in [2.05, 4.69) is 29.9 Å². The summed E-state index contributed by atoms with van der Waals surface area (Å²) in [6.07, 6.45) is 4.62. The molecule has 0 saturated carbocycles. The van der Waals surface area contributed by atoms with Gasteiger partial charge >= 0.3 is 0 Å². The van der Waals surface area contributed by atoms with Gasteiger partial charge in [-0.25, -0.2) is 29.9 Å². The van der Waals surface area contributed by atoms with Gasteiger partial charge in [-0.15, -0.1) is 0 Å². The quantitative estimate of drug-likeness (QED) is 0.709. The largest absolute Gasteiger partial charge is 0.479 e. The number of rotatable bonds is 3. The van der Waals surface area contributed by atoms with Gasteiger partial charge in [0, 0.05) is 12.4 Å². The Balaban J connectivity index is 2.14. The van der Waals surface area contributed by atoms with Crippen LogP contribution in [0.1, 0.15) is 0 Å². The van der Waals surface area contributed by atoms with Crippen LogP contribution in [0.4, 0.5) is 11.9 Å². The first-order chi connectivity index (χ1) is 10.7. The molecule has 3 heterocycles. The first-order valence-electron chi connectivity index (χ1n) is 6.26. The van der Waals surface area contributed by atoms with Crippen LogP contribution < -0.4 is 16.2 Å². The first-order valence-corrected chi connectivity index (χ1v) is 6.26. The lowest BCUT2D eigenvalue weighted by atomic mass is 10.2.